The van der Waals surface area contributed by atoms with Gasteiger partial charge in [-0.15, -0.1) is 0 Å². The van der Waals surface area contributed by atoms with Crippen molar-refractivity contribution in [3.8, 4) is 5.75 Å². The van der Waals surface area contributed by atoms with E-state index in [1.54, 1.807) is 23.1 Å². The second-order valence-electron chi connectivity index (χ2n) is 6.76. The van der Waals surface area contributed by atoms with Crippen molar-refractivity contribution in [1.82, 2.24) is 15.1 Å². The van der Waals surface area contributed by atoms with Crippen LogP contribution in [0.15, 0.2) is 30.4 Å². The number of hydrogen-bond acceptors (Lipinski definition) is 5. The molecule has 0 aliphatic rings. The van der Waals surface area contributed by atoms with Crippen LogP contribution in [0.1, 0.15) is 13.8 Å². The van der Waals surface area contributed by atoms with Crippen molar-refractivity contribution in [3.63, 3.8) is 0 Å². The standard InChI is InChI=1S/C16H25Cl2N3O2.C4H4O4/c1-12(2)21(16(22)19-7-8-20(3)4)9-10-23-15-11-13(17)5-6-14(15)18;5-3(6)1-2-4(7)8/h5-6,11-12H,7-10H2,1-4H3,(H,19,22);1-2H,(H,5,6)(H,7,8)/b;2-1-. The molecule has 1 rings (SSSR count). The van der Waals surface area contributed by atoms with E-state index in [0.29, 0.717) is 47.6 Å². The lowest BCUT2D eigenvalue weighted by molar-refractivity contribution is -0.134. The number of benzene rings is 1. The highest BCUT2D eigenvalue weighted by Gasteiger charge is 2.16. The predicted molar refractivity (Wildman–Crippen MR) is 120 cm³/mol. The lowest BCUT2D eigenvalue weighted by atomic mass is 10.3. The van der Waals surface area contributed by atoms with Crippen LogP contribution in [-0.2, 0) is 9.59 Å². The Bertz CT molecular complexity index is 740. The molecule has 2 amide bonds. The van der Waals surface area contributed by atoms with E-state index < -0.39 is 11.9 Å². The van der Waals surface area contributed by atoms with Gasteiger partial charge in [0.15, 0.2) is 0 Å². The van der Waals surface area contributed by atoms with E-state index in [0.717, 1.165) is 6.54 Å². The fraction of sp³-hybridized carbons (Fsp3) is 0.450. The summed E-state index contributed by atoms with van der Waals surface area (Å²) in [4.78, 5) is 35.1. The van der Waals surface area contributed by atoms with Gasteiger partial charge in [-0.2, -0.15) is 0 Å². The molecule has 0 saturated carbocycles. The molecule has 3 N–H and O–H groups in total. The third kappa shape index (κ3) is 14.2. The Morgan fingerprint density at radius 2 is 1.68 bits per heavy atom. The molecule has 31 heavy (non-hydrogen) atoms. The number of ether oxygens (including phenoxy) is 1. The van der Waals surface area contributed by atoms with Gasteiger partial charge in [0.1, 0.15) is 12.4 Å². The van der Waals surface area contributed by atoms with Gasteiger partial charge in [-0.1, -0.05) is 23.2 Å². The Balaban J connectivity index is 0.000000954. The fourth-order valence-corrected chi connectivity index (χ4v) is 2.40. The third-order valence-corrected chi connectivity index (χ3v) is 4.12. The number of carbonyl (C=O) groups is 3. The van der Waals surface area contributed by atoms with Crippen LogP contribution in [0.2, 0.25) is 10.0 Å². The molecule has 0 saturated heterocycles. The lowest BCUT2D eigenvalue weighted by Gasteiger charge is -2.27. The summed E-state index contributed by atoms with van der Waals surface area (Å²) in [6.45, 7) is 6.16. The van der Waals surface area contributed by atoms with Gasteiger partial charge in [-0.05, 0) is 40.1 Å². The molecular formula is C20H29Cl2N3O6. The molecule has 0 bridgehead atoms. The maximum Gasteiger partial charge on any atom is 0.328 e. The Labute approximate surface area is 192 Å². The highest BCUT2D eigenvalue weighted by atomic mass is 35.5. The first-order valence-corrected chi connectivity index (χ1v) is 10.1. The van der Waals surface area contributed by atoms with Crippen molar-refractivity contribution in [1.29, 1.82) is 0 Å². The molecule has 0 spiro atoms. The van der Waals surface area contributed by atoms with E-state index in [9.17, 15) is 14.4 Å². The summed E-state index contributed by atoms with van der Waals surface area (Å²) >= 11 is 12.0. The number of hydrogen-bond donors (Lipinski definition) is 3. The normalized spacial score (nSPS) is 10.6. The van der Waals surface area contributed by atoms with E-state index in [1.807, 2.05) is 32.8 Å². The van der Waals surface area contributed by atoms with Crippen LogP contribution in [-0.4, -0.2) is 84.4 Å². The average molecular weight is 478 g/mol. The number of aliphatic carboxylic acids is 2. The molecular weight excluding hydrogens is 449 g/mol. The molecule has 0 aliphatic heterocycles. The average Bonchev–Trinajstić information content (AvgIpc) is 2.66. The van der Waals surface area contributed by atoms with Gasteiger partial charge < -0.3 is 30.1 Å². The zero-order valence-electron chi connectivity index (χ0n) is 18.0. The van der Waals surface area contributed by atoms with E-state index in [-0.39, 0.29) is 12.1 Å². The number of urea groups is 1. The van der Waals surface area contributed by atoms with Gasteiger partial charge in [0.25, 0.3) is 0 Å². The Hall–Kier alpha value is -2.49. The third-order valence-electron chi connectivity index (χ3n) is 3.57. The minimum atomic E-state index is -1.26. The number of carboxylic acid groups (broad SMARTS) is 2. The molecule has 174 valence electrons. The molecule has 0 aromatic heterocycles. The number of rotatable bonds is 10. The predicted octanol–water partition coefficient (Wildman–Crippen LogP) is 3.07. The van der Waals surface area contributed by atoms with Gasteiger partial charge in [0.05, 0.1) is 11.6 Å². The molecule has 11 heteroatoms. The van der Waals surface area contributed by atoms with Crippen LogP contribution in [0.25, 0.3) is 0 Å². The van der Waals surface area contributed by atoms with Crippen LogP contribution >= 0.6 is 23.2 Å². The van der Waals surface area contributed by atoms with E-state index in [4.69, 9.17) is 38.2 Å². The van der Waals surface area contributed by atoms with Crippen LogP contribution in [0, 0.1) is 0 Å². The maximum atomic E-state index is 12.2. The van der Waals surface area contributed by atoms with Crippen molar-refractivity contribution in [2.45, 2.75) is 19.9 Å². The quantitative estimate of drug-likeness (QED) is 0.442. The van der Waals surface area contributed by atoms with Crippen molar-refractivity contribution < 1.29 is 29.3 Å². The second kappa shape index (κ2) is 15.3. The monoisotopic (exact) mass is 477 g/mol. The highest BCUT2D eigenvalue weighted by molar-refractivity contribution is 6.34. The topological polar surface area (TPSA) is 119 Å². The van der Waals surface area contributed by atoms with Gasteiger partial charge in [0.2, 0.25) is 0 Å². The van der Waals surface area contributed by atoms with Crippen LogP contribution in [0.3, 0.4) is 0 Å². The Morgan fingerprint density at radius 1 is 1.10 bits per heavy atom. The van der Waals surface area contributed by atoms with Crippen LogP contribution in [0.4, 0.5) is 4.79 Å². The molecule has 0 radical (unpaired) electrons. The molecule has 0 unspecified atom stereocenters. The first-order valence-electron chi connectivity index (χ1n) is 9.35. The van der Waals surface area contributed by atoms with Crippen molar-refractivity contribution in [3.05, 3.63) is 40.4 Å². The lowest BCUT2D eigenvalue weighted by Crippen LogP contribution is -2.47. The largest absolute Gasteiger partial charge is 0.490 e. The SMILES string of the molecule is CC(C)N(CCOc1cc(Cl)ccc1Cl)C(=O)NCCN(C)C.O=C(O)/C=C\C(=O)O. The molecule has 1 aromatic carbocycles. The maximum absolute atomic E-state index is 12.2. The van der Waals surface area contributed by atoms with E-state index in [2.05, 4.69) is 5.32 Å². The number of likely N-dealkylation sites (N-methyl/N-ethyl adjacent to an activating group) is 1. The minimum absolute atomic E-state index is 0.0767. The molecule has 1 aromatic rings. The van der Waals surface area contributed by atoms with Gasteiger partial charge in [-0.25, -0.2) is 14.4 Å². The van der Waals surface area contributed by atoms with Gasteiger partial charge in [0, 0.05) is 42.4 Å². The van der Waals surface area contributed by atoms with Gasteiger partial charge >= 0.3 is 18.0 Å². The molecule has 9 nitrogen and oxygen atoms in total. The fourth-order valence-electron chi connectivity index (χ4n) is 2.07. The Kier molecular flexibility index (Phi) is 14.1. The summed E-state index contributed by atoms with van der Waals surface area (Å²) in [5, 5.41) is 19.6. The van der Waals surface area contributed by atoms with Crippen LogP contribution < -0.4 is 10.1 Å². The number of carbonyl (C=O) groups excluding carboxylic acids is 1. The Morgan fingerprint density at radius 3 is 2.16 bits per heavy atom. The first kappa shape index (κ1) is 28.5. The zero-order chi connectivity index (χ0) is 24.0. The summed E-state index contributed by atoms with van der Waals surface area (Å²) in [5.41, 5.74) is 0. The summed E-state index contributed by atoms with van der Waals surface area (Å²) in [5.74, 6) is -1.99. The number of nitrogens with one attached hydrogen (secondary N) is 1. The minimum Gasteiger partial charge on any atom is -0.490 e. The number of halogens is 2. The number of amides is 2. The number of carboxylic acids is 2. The second-order valence-corrected chi connectivity index (χ2v) is 7.60. The molecule has 0 aliphatic carbocycles. The smallest absolute Gasteiger partial charge is 0.328 e. The van der Waals surface area contributed by atoms with E-state index >= 15 is 0 Å². The van der Waals surface area contributed by atoms with E-state index in [1.165, 1.54) is 0 Å². The molecule has 0 fully saturated rings. The van der Waals surface area contributed by atoms with Crippen LogP contribution in [0.5, 0.6) is 5.75 Å². The summed E-state index contributed by atoms with van der Waals surface area (Å²) in [6.07, 6.45) is 1.12. The summed E-state index contributed by atoms with van der Waals surface area (Å²) in [7, 11) is 3.93. The van der Waals surface area contributed by atoms with Crippen molar-refractivity contribution in [2.75, 3.05) is 40.3 Å². The molecule has 0 atom stereocenters. The zero-order valence-corrected chi connectivity index (χ0v) is 19.5. The summed E-state index contributed by atoms with van der Waals surface area (Å²) < 4.78 is 5.64. The molecule has 0 heterocycles. The summed E-state index contributed by atoms with van der Waals surface area (Å²) in [6, 6.07) is 5.04. The van der Waals surface area contributed by atoms with Crippen molar-refractivity contribution >= 4 is 41.2 Å². The first-order chi connectivity index (χ1) is 14.4. The van der Waals surface area contributed by atoms with Gasteiger partial charge in [-0.3, -0.25) is 0 Å². The highest BCUT2D eigenvalue weighted by Crippen LogP contribution is 2.27. The van der Waals surface area contributed by atoms with Crippen molar-refractivity contribution in [2.24, 2.45) is 0 Å². The number of nitrogens with zero attached hydrogens (tertiary/aromatic N) is 2.